The predicted molar refractivity (Wildman–Crippen MR) is 107 cm³/mol. The normalized spacial score (nSPS) is 13.6. The van der Waals surface area contributed by atoms with Gasteiger partial charge >= 0.3 is 6.03 Å². The van der Waals surface area contributed by atoms with Gasteiger partial charge in [-0.25, -0.2) is 19.2 Å². The van der Waals surface area contributed by atoms with E-state index < -0.39 is 5.82 Å². The van der Waals surface area contributed by atoms with Crippen LogP contribution >= 0.6 is 22.9 Å². The van der Waals surface area contributed by atoms with Crippen LogP contribution in [0.5, 0.6) is 0 Å². The van der Waals surface area contributed by atoms with E-state index in [0.29, 0.717) is 44.5 Å². The quantitative estimate of drug-likeness (QED) is 0.640. The zero-order valence-corrected chi connectivity index (χ0v) is 16.1. The highest BCUT2D eigenvalue weighted by molar-refractivity contribution is 7.22. The van der Waals surface area contributed by atoms with Crippen LogP contribution in [0.15, 0.2) is 30.3 Å². The van der Waals surface area contributed by atoms with Crippen molar-refractivity contribution in [2.75, 3.05) is 23.8 Å². The average molecular weight is 406 g/mol. The smallest absolute Gasteiger partial charge is 0.321 e. The van der Waals surface area contributed by atoms with Crippen molar-refractivity contribution < 1.29 is 9.18 Å². The summed E-state index contributed by atoms with van der Waals surface area (Å²) in [5.41, 5.74) is 1.04. The van der Waals surface area contributed by atoms with Gasteiger partial charge in [0, 0.05) is 18.6 Å². The molecule has 2 heterocycles. The summed E-state index contributed by atoms with van der Waals surface area (Å²) in [5.74, 6) is 0.752. The summed E-state index contributed by atoms with van der Waals surface area (Å²) in [4.78, 5) is 23.1. The molecule has 0 bridgehead atoms. The molecule has 0 spiro atoms. The number of nitrogens with zero attached hydrogens (tertiary/aromatic N) is 3. The fourth-order valence-corrected chi connectivity index (χ4v) is 3.61. The molecule has 0 atom stereocenters. The van der Waals surface area contributed by atoms with Crippen molar-refractivity contribution in [1.29, 1.82) is 0 Å². The van der Waals surface area contributed by atoms with E-state index in [-0.39, 0.29) is 6.03 Å². The lowest BCUT2D eigenvalue weighted by atomic mass is 10.2. The highest BCUT2D eigenvalue weighted by Crippen LogP contribution is 2.31. The Labute approximate surface area is 164 Å². The van der Waals surface area contributed by atoms with Gasteiger partial charge in [0.15, 0.2) is 5.13 Å². The Kier molecular flexibility index (Phi) is 4.84. The summed E-state index contributed by atoms with van der Waals surface area (Å²) in [6.07, 6.45) is 2.35. The number of aromatic nitrogens is 2. The number of fused-ring (bicyclic) bond motifs is 1. The van der Waals surface area contributed by atoms with Crippen molar-refractivity contribution in [3.8, 4) is 0 Å². The Morgan fingerprint density at radius 3 is 2.89 bits per heavy atom. The van der Waals surface area contributed by atoms with Crippen LogP contribution in [0.25, 0.3) is 10.3 Å². The number of amides is 2. The molecule has 3 aromatic rings. The molecule has 9 heteroatoms. The van der Waals surface area contributed by atoms with Crippen molar-refractivity contribution >= 4 is 56.0 Å². The number of rotatable bonds is 5. The molecule has 1 saturated carbocycles. The van der Waals surface area contributed by atoms with Gasteiger partial charge < -0.3 is 10.2 Å². The van der Waals surface area contributed by atoms with Gasteiger partial charge in [-0.3, -0.25) is 5.32 Å². The van der Waals surface area contributed by atoms with Crippen LogP contribution in [0.2, 0.25) is 5.02 Å². The fraction of sp³-hybridized carbons (Fsp3) is 0.278. The summed E-state index contributed by atoms with van der Waals surface area (Å²) in [6, 6.07) is 7.79. The molecule has 140 valence electrons. The van der Waals surface area contributed by atoms with Gasteiger partial charge in [0.2, 0.25) is 0 Å². The molecule has 0 unspecified atom stereocenters. The Bertz CT molecular complexity index is 1010. The molecule has 1 aliphatic carbocycles. The predicted octanol–water partition coefficient (Wildman–Crippen LogP) is 4.78. The maximum absolute atomic E-state index is 14.2. The number of hydrogen-bond donors (Lipinski definition) is 2. The number of hydrogen-bond acceptors (Lipinski definition) is 5. The van der Waals surface area contributed by atoms with Gasteiger partial charge in [0.05, 0.1) is 5.69 Å². The lowest BCUT2D eigenvalue weighted by Gasteiger charge is -2.18. The molecule has 2 N–H and O–H groups in total. The van der Waals surface area contributed by atoms with Gasteiger partial charge in [-0.1, -0.05) is 22.9 Å². The number of carbonyl (C=O) groups is 1. The molecule has 1 fully saturated rings. The first-order chi connectivity index (χ1) is 13.0. The first-order valence-electron chi connectivity index (χ1n) is 8.51. The van der Waals surface area contributed by atoms with E-state index in [1.165, 1.54) is 30.2 Å². The van der Waals surface area contributed by atoms with Crippen LogP contribution in [0.1, 0.15) is 12.8 Å². The monoisotopic (exact) mass is 405 g/mol. The number of thiazole rings is 1. The lowest BCUT2D eigenvalue weighted by Crippen LogP contribution is -2.30. The van der Waals surface area contributed by atoms with Gasteiger partial charge in [0.25, 0.3) is 0 Å². The van der Waals surface area contributed by atoms with Crippen LogP contribution in [0.3, 0.4) is 0 Å². The van der Waals surface area contributed by atoms with E-state index in [0.717, 1.165) is 0 Å². The zero-order valence-electron chi connectivity index (χ0n) is 14.5. The number of carbonyl (C=O) groups excluding carboxylic acids is 1. The second-order valence-corrected chi connectivity index (χ2v) is 7.86. The molecule has 4 rings (SSSR count). The Morgan fingerprint density at radius 1 is 1.33 bits per heavy atom. The standard InChI is InChI=1S/C18H17ClFN5OS/c1-25(14-6-4-11(19)8-12(14)20)15-7-5-13-16(23-15)27-18(22-13)24-17(26)21-9-10-2-3-10/h4-8,10H,2-3,9H2,1H3,(H2,21,22,24,26). The minimum absolute atomic E-state index is 0.262. The minimum atomic E-state index is -0.425. The molecule has 27 heavy (non-hydrogen) atoms. The van der Waals surface area contributed by atoms with Crippen molar-refractivity contribution in [3.63, 3.8) is 0 Å². The third-order valence-corrected chi connectivity index (χ3v) is 5.44. The molecule has 2 amide bonds. The Hall–Kier alpha value is -2.45. The van der Waals surface area contributed by atoms with E-state index in [1.54, 1.807) is 36.2 Å². The average Bonchev–Trinajstić information content (AvgIpc) is 3.37. The number of nitrogens with one attached hydrogen (secondary N) is 2. The first kappa shape index (κ1) is 17.9. The number of benzene rings is 1. The van der Waals surface area contributed by atoms with Crippen molar-refractivity contribution in [3.05, 3.63) is 41.2 Å². The van der Waals surface area contributed by atoms with Crippen LogP contribution in [0.4, 0.5) is 25.8 Å². The second-order valence-electron chi connectivity index (χ2n) is 6.45. The van der Waals surface area contributed by atoms with Crippen molar-refractivity contribution in [1.82, 2.24) is 15.3 Å². The van der Waals surface area contributed by atoms with Crippen LogP contribution < -0.4 is 15.5 Å². The Balaban J connectivity index is 1.52. The highest BCUT2D eigenvalue weighted by Gasteiger charge is 2.22. The molecular weight excluding hydrogens is 389 g/mol. The molecule has 0 saturated heterocycles. The molecule has 2 aromatic heterocycles. The summed E-state index contributed by atoms with van der Waals surface area (Å²) in [6.45, 7) is 0.691. The maximum Gasteiger partial charge on any atom is 0.321 e. The summed E-state index contributed by atoms with van der Waals surface area (Å²) < 4.78 is 14.2. The lowest BCUT2D eigenvalue weighted by molar-refractivity contribution is 0.251. The van der Waals surface area contributed by atoms with Gasteiger partial charge in [-0.15, -0.1) is 0 Å². The number of urea groups is 1. The maximum atomic E-state index is 14.2. The first-order valence-corrected chi connectivity index (χ1v) is 9.70. The van der Waals surface area contributed by atoms with E-state index in [2.05, 4.69) is 20.6 Å². The highest BCUT2D eigenvalue weighted by atomic mass is 35.5. The number of halogens is 2. The fourth-order valence-electron chi connectivity index (χ4n) is 2.62. The van der Waals surface area contributed by atoms with Gasteiger partial charge in [-0.2, -0.15) is 0 Å². The van der Waals surface area contributed by atoms with Crippen LogP contribution in [0, 0.1) is 11.7 Å². The third-order valence-electron chi connectivity index (χ3n) is 4.32. The van der Waals surface area contributed by atoms with E-state index in [1.807, 2.05) is 0 Å². The number of pyridine rings is 1. The van der Waals surface area contributed by atoms with Crippen molar-refractivity contribution in [2.24, 2.45) is 5.92 Å². The topological polar surface area (TPSA) is 70.2 Å². The van der Waals surface area contributed by atoms with Crippen LogP contribution in [-0.2, 0) is 0 Å². The second kappa shape index (κ2) is 7.28. The SMILES string of the molecule is CN(c1ccc2nc(NC(=O)NCC3CC3)sc2n1)c1ccc(Cl)cc1F. The summed E-state index contributed by atoms with van der Waals surface area (Å²) in [7, 11) is 1.73. The molecule has 0 radical (unpaired) electrons. The van der Waals surface area contributed by atoms with E-state index in [9.17, 15) is 9.18 Å². The summed E-state index contributed by atoms with van der Waals surface area (Å²) >= 11 is 7.09. The van der Waals surface area contributed by atoms with E-state index >= 15 is 0 Å². The minimum Gasteiger partial charge on any atom is -0.338 e. The van der Waals surface area contributed by atoms with Gasteiger partial charge in [0.1, 0.15) is 22.0 Å². The molecular formula is C18H17ClFN5OS. The van der Waals surface area contributed by atoms with E-state index in [4.69, 9.17) is 11.6 Å². The van der Waals surface area contributed by atoms with Crippen molar-refractivity contribution in [2.45, 2.75) is 12.8 Å². The van der Waals surface area contributed by atoms with Crippen LogP contribution in [-0.4, -0.2) is 29.6 Å². The third kappa shape index (κ3) is 4.12. The summed E-state index contributed by atoms with van der Waals surface area (Å²) in [5, 5.41) is 6.39. The molecule has 0 aliphatic heterocycles. The van der Waals surface area contributed by atoms with Gasteiger partial charge in [-0.05, 0) is 49.1 Å². The zero-order chi connectivity index (χ0) is 19.0. The molecule has 6 nitrogen and oxygen atoms in total. The molecule has 1 aliphatic rings. The largest absolute Gasteiger partial charge is 0.338 e. The Morgan fingerprint density at radius 2 is 2.15 bits per heavy atom. The number of anilines is 3. The molecule has 1 aromatic carbocycles.